The average Bonchev–Trinajstić information content (AvgIpc) is 2.62. The summed E-state index contributed by atoms with van der Waals surface area (Å²) in [7, 11) is 2.28. The van der Waals surface area contributed by atoms with E-state index in [1.165, 1.54) is 49.0 Å². The highest BCUT2D eigenvalue weighted by Crippen LogP contribution is 2.17. The van der Waals surface area contributed by atoms with E-state index in [4.69, 9.17) is 0 Å². The third kappa shape index (κ3) is 4.79. The molecule has 1 atom stereocenters. The molecule has 0 saturated carbocycles. The molecule has 1 aliphatic rings. The highest BCUT2D eigenvalue weighted by molar-refractivity contribution is 5.85. The lowest BCUT2D eigenvalue weighted by atomic mass is 10.0. The van der Waals surface area contributed by atoms with Crippen molar-refractivity contribution in [3.63, 3.8) is 0 Å². The summed E-state index contributed by atoms with van der Waals surface area (Å²) in [6.45, 7) is 7.84. The third-order valence-corrected chi connectivity index (χ3v) is 4.09. The summed E-state index contributed by atoms with van der Waals surface area (Å²) in [5, 5.41) is 3.49. The van der Waals surface area contributed by atoms with E-state index >= 15 is 0 Å². The van der Waals surface area contributed by atoms with Crippen molar-refractivity contribution in [2.75, 3.05) is 20.1 Å². The van der Waals surface area contributed by atoms with Crippen LogP contribution in [0.3, 0.4) is 0 Å². The molecule has 1 N–H and O–H groups in total. The number of hydrogen-bond acceptors (Lipinski definition) is 2. The molecule has 2 nitrogen and oxygen atoms in total. The molecule has 19 heavy (non-hydrogen) atoms. The fraction of sp³-hybridized carbons (Fsp3) is 0.625. The van der Waals surface area contributed by atoms with Gasteiger partial charge in [0.15, 0.2) is 0 Å². The van der Waals surface area contributed by atoms with Crippen LogP contribution in [0.1, 0.15) is 36.0 Å². The first-order chi connectivity index (χ1) is 8.66. The maximum Gasteiger partial charge on any atom is 0.0236 e. The molecule has 1 aliphatic heterocycles. The zero-order valence-electron chi connectivity index (χ0n) is 12.4. The van der Waals surface area contributed by atoms with Gasteiger partial charge >= 0.3 is 0 Å². The Balaban J connectivity index is 0.00000180. The Kier molecular flexibility index (Phi) is 6.84. The van der Waals surface area contributed by atoms with Crippen LogP contribution in [-0.4, -0.2) is 31.1 Å². The van der Waals surface area contributed by atoms with E-state index in [1.54, 1.807) is 0 Å². The van der Waals surface area contributed by atoms with Crippen LogP contribution in [0.25, 0.3) is 0 Å². The molecule has 1 aromatic rings. The van der Waals surface area contributed by atoms with Crippen molar-refractivity contribution in [3.8, 4) is 0 Å². The molecule has 1 aromatic carbocycles. The minimum Gasteiger partial charge on any atom is -0.317 e. The molecule has 0 aliphatic carbocycles. The maximum atomic E-state index is 3.49. The first-order valence-electron chi connectivity index (χ1n) is 7.14. The second kappa shape index (κ2) is 7.88. The Hall–Kier alpha value is -0.570. The van der Waals surface area contributed by atoms with Gasteiger partial charge in [0.2, 0.25) is 0 Å². The summed E-state index contributed by atoms with van der Waals surface area (Å²) >= 11 is 0. The zero-order chi connectivity index (χ0) is 13.0. The monoisotopic (exact) mass is 282 g/mol. The Labute approximate surface area is 124 Å². The average molecular weight is 283 g/mol. The van der Waals surface area contributed by atoms with Gasteiger partial charge in [-0.3, -0.25) is 4.90 Å². The van der Waals surface area contributed by atoms with Gasteiger partial charge in [-0.05, 0) is 64.4 Å². The van der Waals surface area contributed by atoms with Crippen molar-refractivity contribution >= 4 is 12.4 Å². The molecule has 1 heterocycles. The topological polar surface area (TPSA) is 15.3 Å². The van der Waals surface area contributed by atoms with Crippen molar-refractivity contribution in [3.05, 3.63) is 34.9 Å². The van der Waals surface area contributed by atoms with Crippen LogP contribution in [0.5, 0.6) is 0 Å². The number of rotatable bonds is 3. The van der Waals surface area contributed by atoms with Gasteiger partial charge in [-0.2, -0.15) is 0 Å². The molecule has 0 amide bonds. The molecular weight excluding hydrogens is 256 g/mol. The van der Waals surface area contributed by atoms with Crippen LogP contribution >= 0.6 is 12.4 Å². The van der Waals surface area contributed by atoms with Gasteiger partial charge in [-0.25, -0.2) is 0 Å². The molecule has 1 saturated heterocycles. The van der Waals surface area contributed by atoms with Gasteiger partial charge in [0.1, 0.15) is 0 Å². The second-order valence-corrected chi connectivity index (χ2v) is 5.68. The van der Waals surface area contributed by atoms with E-state index < -0.39 is 0 Å². The Morgan fingerprint density at radius 2 is 2.00 bits per heavy atom. The lowest BCUT2D eigenvalue weighted by Crippen LogP contribution is -2.32. The summed E-state index contributed by atoms with van der Waals surface area (Å²) < 4.78 is 0. The van der Waals surface area contributed by atoms with Crippen molar-refractivity contribution < 1.29 is 0 Å². The maximum absolute atomic E-state index is 3.49. The smallest absolute Gasteiger partial charge is 0.0236 e. The standard InChI is InChI=1S/C16H26N2.ClH/c1-13-6-7-14(2)15(11-13)12-18(3)16-5-4-9-17-10-8-16;/h6-7,11,16-17H,4-5,8-10,12H2,1-3H3;1H. The van der Waals surface area contributed by atoms with Gasteiger partial charge in [0.25, 0.3) is 0 Å². The third-order valence-electron chi connectivity index (χ3n) is 4.09. The summed E-state index contributed by atoms with van der Waals surface area (Å²) in [6, 6.07) is 7.52. The SMILES string of the molecule is Cc1ccc(C)c(CN(C)C2CCCNCC2)c1.Cl. The fourth-order valence-corrected chi connectivity index (χ4v) is 2.81. The van der Waals surface area contributed by atoms with E-state index in [2.05, 4.69) is 49.3 Å². The quantitative estimate of drug-likeness (QED) is 0.915. The van der Waals surface area contributed by atoms with Crippen molar-refractivity contribution in [1.29, 1.82) is 0 Å². The lowest BCUT2D eigenvalue weighted by Gasteiger charge is -2.27. The predicted octanol–water partition coefficient (Wildman–Crippen LogP) is 3.30. The number of aryl methyl sites for hydroxylation is 2. The number of nitrogens with one attached hydrogen (secondary N) is 1. The van der Waals surface area contributed by atoms with E-state index in [-0.39, 0.29) is 12.4 Å². The molecule has 1 fully saturated rings. The first-order valence-corrected chi connectivity index (χ1v) is 7.14. The first kappa shape index (κ1) is 16.5. The van der Waals surface area contributed by atoms with E-state index in [0.717, 1.165) is 12.6 Å². The van der Waals surface area contributed by atoms with Gasteiger partial charge in [-0.15, -0.1) is 12.4 Å². The van der Waals surface area contributed by atoms with Crippen LogP contribution in [0.2, 0.25) is 0 Å². The largest absolute Gasteiger partial charge is 0.317 e. The van der Waals surface area contributed by atoms with Gasteiger partial charge in [0, 0.05) is 12.6 Å². The molecule has 108 valence electrons. The second-order valence-electron chi connectivity index (χ2n) is 5.68. The molecule has 2 rings (SSSR count). The van der Waals surface area contributed by atoms with E-state index in [0.29, 0.717) is 0 Å². The number of nitrogens with zero attached hydrogens (tertiary/aromatic N) is 1. The molecule has 0 aromatic heterocycles. The van der Waals surface area contributed by atoms with Crippen molar-refractivity contribution in [2.45, 2.75) is 45.7 Å². The summed E-state index contributed by atoms with van der Waals surface area (Å²) in [5.41, 5.74) is 4.26. The fourth-order valence-electron chi connectivity index (χ4n) is 2.81. The van der Waals surface area contributed by atoms with Gasteiger partial charge in [0.05, 0.1) is 0 Å². The predicted molar refractivity (Wildman–Crippen MR) is 85.1 cm³/mol. The molecule has 0 bridgehead atoms. The van der Waals surface area contributed by atoms with Gasteiger partial charge in [-0.1, -0.05) is 23.8 Å². The highest BCUT2D eigenvalue weighted by atomic mass is 35.5. The summed E-state index contributed by atoms with van der Waals surface area (Å²) in [6.07, 6.45) is 3.91. The molecule has 1 unspecified atom stereocenters. The van der Waals surface area contributed by atoms with Crippen LogP contribution < -0.4 is 5.32 Å². The lowest BCUT2D eigenvalue weighted by molar-refractivity contribution is 0.216. The number of hydrogen-bond donors (Lipinski definition) is 1. The van der Waals surface area contributed by atoms with E-state index in [9.17, 15) is 0 Å². The van der Waals surface area contributed by atoms with Crippen molar-refractivity contribution in [1.82, 2.24) is 10.2 Å². The normalized spacial score (nSPS) is 19.9. The van der Waals surface area contributed by atoms with Gasteiger partial charge < -0.3 is 5.32 Å². The Morgan fingerprint density at radius 3 is 2.79 bits per heavy atom. The summed E-state index contributed by atoms with van der Waals surface area (Å²) in [5.74, 6) is 0. The Morgan fingerprint density at radius 1 is 1.21 bits per heavy atom. The van der Waals surface area contributed by atoms with Crippen LogP contribution in [0.15, 0.2) is 18.2 Å². The Bertz CT molecular complexity index is 384. The highest BCUT2D eigenvalue weighted by Gasteiger charge is 2.17. The van der Waals surface area contributed by atoms with E-state index in [1.807, 2.05) is 0 Å². The number of halogens is 1. The number of benzene rings is 1. The minimum atomic E-state index is 0. The van der Waals surface area contributed by atoms with Crippen molar-refractivity contribution in [2.24, 2.45) is 0 Å². The zero-order valence-corrected chi connectivity index (χ0v) is 13.2. The minimum absolute atomic E-state index is 0. The molecular formula is C16H27ClN2. The van der Waals surface area contributed by atoms with Crippen LogP contribution in [0.4, 0.5) is 0 Å². The molecule has 0 spiro atoms. The van der Waals surface area contributed by atoms with Crippen LogP contribution in [-0.2, 0) is 6.54 Å². The summed E-state index contributed by atoms with van der Waals surface area (Å²) in [4.78, 5) is 2.54. The molecule has 3 heteroatoms. The molecule has 0 radical (unpaired) electrons. The van der Waals surface area contributed by atoms with Crippen LogP contribution in [0, 0.1) is 13.8 Å².